The summed E-state index contributed by atoms with van der Waals surface area (Å²) in [5.41, 5.74) is 6.79. The average Bonchev–Trinajstić information content (AvgIpc) is 2.32. The predicted molar refractivity (Wildman–Crippen MR) is 78.2 cm³/mol. The van der Waals surface area contributed by atoms with Crippen molar-refractivity contribution >= 4 is 38.7 Å². The van der Waals surface area contributed by atoms with Gasteiger partial charge in [0, 0.05) is 5.69 Å². The molecule has 0 heterocycles. The number of benzene rings is 2. The lowest BCUT2D eigenvalue weighted by Crippen LogP contribution is -2.05. The summed E-state index contributed by atoms with van der Waals surface area (Å²) >= 11 is 11.6. The van der Waals surface area contributed by atoms with E-state index >= 15 is 0 Å². The maximum absolute atomic E-state index is 12.2. The van der Waals surface area contributed by atoms with Crippen molar-refractivity contribution in [2.75, 3.05) is 5.73 Å². The van der Waals surface area contributed by atoms with Gasteiger partial charge in [-0.2, -0.15) is 0 Å². The Morgan fingerprint density at radius 1 is 1.00 bits per heavy atom. The fourth-order valence-corrected chi connectivity index (χ4v) is 3.38. The second kappa shape index (κ2) is 5.41. The van der Waals surface area contributed by atoms with Gasteiger partial charge in [-0.15, -0.1) is 0 Å². The molecule has 19 heavy (non-hydrogen) atoms. The van der Waals surface area contributed by atoms with Crippen LogP contribution >= 0.6 is 23.2 Å². The van der Waals surface area contributed by atoms with Crippen LogP contribution in [-0.2, 0) is 15.6 Å². The van der Waals surface area contributed by atoms with Gasteiger partial charge in [0.2, 0.25) is 0 Å². The van der Waals surface area contributed by atoms with Crippen molar-refractivity contribution in [2.24, 2.45) is 0 Å². The molecule has 3 nitrogen and oxygen atoms in total. The molecule has 100 valence electrons. The van der Waals surface area contributed by atoms with Crippen LogP contribution in [0.1, 0.15) is 5.56 Å². The second-order valence-electron chi connectivity index (χ2n) is 4.08. The summed E-state index contributed by atoms with van der Waals surface area (Å²) < 4.78 is 24.5. The second-order valence-corrected chi connectivity index (χ2v) is 6.88. The summed E-state index contributed by atoms with van der Waals surface area (Å²) in [5, 5.41) is 0.542. The molecule has 0 atom stereocenters. The van der Waals surface area contributed by atoms with E-state index in [0.717, 1.165) is 0 Å². The van der Waals surface area contributed by atoms with Crippen molar-refractivity contribution in [1.29, 1.82) is 0 Å². The zero-order chi connectivity index (χ0) is 14.0. The highest BCUT2D eigenvalue weighted by Crippen LogP contribution is 2.26. The Bertz CT molecular complexity index is 714. The molecular weight excluding hydrogens is 305 g/mol. The molecule has 2 N–H and O–H groups in total. The number of hydrogen-bond acceptors (Lipinski definition) is 3. The smallest absolute Gasteiger partial charge is 0.182 e. The lowest BCUT2D eigenvalue weighted by atomic mass is 10.2. The molecule has 0 amide bonds. The van der Waals surface area contributed by atoms with Crippen LogP contribution in [0.4, 0.5) is 5.69 Å². The highest BCUT2D eigenvalue weighted by molar-refractivity contribution is 7.90. The van der Waals surface area contributed by atoms with Crippen molar-refractivity contribution in [3.8, 4) is 0 Å². The molecule has 6 heteroatoms. The number of anilines is 1. The van der Waals surface area contributed by atoms with Crippen LogP contribution in [0, 0.1) is 0 Å². The molecule has 0 saturated heterocycles. The highest BCUT2D eigenvalue weighted by atomic mass is 35.5. The lowest BCUT2D eigenvalue weighted by Gasteiger charge is -2.06. The van der Waals surface area contributed by atoms with E-state index in [4.69, 9.17) is 28.9 Å². The zero-order valence-electron chi connectivity index (χ0n) is 9.81. The number of rotatable bonds is 3. The van der Waals surface area contributed by atoms with E-state index in [1.807, 2.05) is 0 Å². The third kappa shape index (κ3) is 3.41. The third-order valence-corrected chi connectivity index (χ3v) is 4.98. The van der Waals surface area contributed by atoms with Crippen molar-refractivity contribution in [1.82, 2.24) is 0 Å². The first-order chi connectivity index (χ1) is 8.88. The first-order valence-electron chi connectivity index (χ1n) is 5.41. The Morgan fingerprint density at radius 2 is 1.74 bits per heavy atom. The highest BCUT2D eigenvalue weighted by Gasteiger charge is 2.16. The molecule has 0 fully saturated rings. The lowest BCUT2D eigenvalue weighted by molar-refractivity contribution is 0.595. The molecule has 0 spiro atoms. The van der Waals surface area contributed by atoms with Gasteiger partial charge in [-0.3, -0.25) is 0 Å². The molecule has 0 bridgehead atoms. The average molecular weight is 316 g/mol. The van der Waals surface area contributed by atoms with Crippen molar-refractivity contribution in [2.45, 2.75) is 10.6 Å². The standard InChI is InChI=1S/C13H11Cl2NO2S/c14-12-5-4-11(7-13(12)15)19(17,18)8-9-2-1-3-10(16)6-9/h1-7H,8,16H2. The van der Waals surface area contributed by atoms with Gasteiger partial charge < -0.3 is 5.73 Å². The molecule has 0 unspecified atom stereocenters. The normalized spacial score (nSPS) is 11.5. The maximum Gasteiger partial charge on any atom is 0.182 e. The third-order valence-electron chi connectivity index (χ3n) is 2.56. The van der Waals surface area contributed by atoms with E-state index in [2.05, 4.69) is 0 Å². The van der Waals surface area contributed by atoms with Gasteiger partial charge in [-0.25, -0.2) is 8.42 Å². The van der Waals surface area contributed by atoms with E-state index < -0.39 is 9.84 Å². The zero-order valence-corrected chi connectivity index (χ0v) is 12.1. The Hall–Kier alpha value is -1.23. The van der Waals surface area contributed by atoms with Crippen LogP contribution in [0.15, 0.2) is 47.4 Å². The molecule has 2 rings (SSSR count). The van der Waals surface area contributed by atoms with Crippen LogP contribution in [0.3, 0.4) is 0 Å². The van der Waals surface area contributed by atoms with Gasteiger partial charge in [0.05, 0.1) is 20.7 Å². The Morgan fingerprint density at radius 3 is 2.37 bits per heavy atom. The van der Waals surface area contributed by atoms with Crippen LogP contribution in [0.25, 0.3) is 0 Å². The monoisotopic (exact) mass is 315 g/mol. The molecule has 0 radical (unpaired) electrons. The Balaban J connectivity index is 2.35. The molecule has 0 saturated carbocycles. The van der Waals surface area contributed by atoms with E-state index in [-0.39, 0.29) is 15.7 Å². The summed E-state index contributed by atoms with van der Waals surface area (Å²) in [5.74, 6) is -0.129. The fourth-order valence-electron chi connectivity index (χ4n) is 1.66. The number of nitrogens with two attached hydrogens (primary N) is 1. The van der Waals surface area contributed by atoms with Gasteiger partial charge in [-0.1, -0.05) is 35.3 Å². The predicted octanol–water partition coefficient (Wildman–Crippen LogP) is 3.55. The molecule has 0 aliphatic heterocycles. The summed E-state index contributed by atoms with van der Waals surface area (Å²) in [6.07, 6.45) is 0. The van der Waals surface area contributed by atoms with Crippen molar-refractivity contribution in [3.63, 3.8) is 0 Å². The molecule has 0 aromatic heterocycles. The van der Waals surface area contributed by atoms with Gasteiger partial charge in [-0.05, 0) is 35.9 Å². The molecule has 0 aliphatic rings. The Labute approximate surface area is 121 Å². The molecule has 2 aromatic carbocycles. The quantitative estimate of drug-likeness (QED) is 0.881. The van der Waals surface area contributed by atoms with Gasteiger partial charge in [0.25, 0.3) is 0 Å². The van der Waals surface area contributed by atoms with Gasteiger partial charge in [0.1, 0.15) is 0 Å². The van der Waals surface area contributed by atoms with Crippen LogP contribution in [0.5, 0.6) is 0 Å². The minimum atomic E-state index is -3.47. The molecular formula is C13H11Cl2NO2S. The topological polar surface area (TPSA) is 60.2 Å². The first-order valence-corrected chi connectivity index (χ1v) is 7.81. The number of halogens is 2. The van der Waals surface area contributed by atoms with E-state index in [9.17, 15) is 8.42 Å². The first kappa shape index (κ1) is 14.2. The van der Waals surface area contributed by atoms with Crippen molar-refractivity contribution in [3.05, 3.63) is 58.1 Å². The minimum absolute atomic E-state index is 0.129. The van der Waals surface area contributed by atoms with E-state index in [1.54, 1.807) is 24.3 Å². The van der Waals surface area contributed by atoms with Crippen LogP contribution < -0.4 is 5.73 Å². The molecule has 2 aromatic rings. The van der Waals surface area contributed by atoms with E-state index in [0.29, 0.717) is 16.3 Å². The SMILES string of the molecule is Nc1cccc(CS(=O)(=O)c2ccc(Cl)c(Cl)c2)c1. The minimum Gasteiger partial charge on any atom is -0.399 e. The largest absolute Gasteiger partial charge is 0.399 e. The van der Waals surface area contributed by atoms with Gasteiger partial charge >= 0.3 is 0 Å². The van der Waals surface area contributed by atoms with Crippen LogP contribution in [-0.4, -0.2) is 8.42 Å². The number of sulfone groups is 1. The summed E-state index contributed by atoms with van der Waals surface area (Å²) in [6, 6.07) is 11.0. The van der Waals surface area contributed by atoms with Gasteiger partial charge in [0.15, 0.2) is 9.84 Å². The Kier molecular flexibility index (Phi) is 4.04. The summed E-state index contributed by atoms with van der Waals surface area (Å²) in [4.78, 5) is 0.143. The fraction of sp³-hybridized carbons (Fsp3) is 0.0769. The molecule has 0 aliphatic carbocycles. The number of hydrogen-bond donors (Lipinski definition) is 1. The van der Waals surface area contributed by atoms with E-state index in [1.165, 1.54) is 18.2 Å². The number of nitrogen functional groups attached to an aromatic ring is 1. The van der Waals surface area contributed by atoms with Crippen LogP contribution in [0.2, 0.25) is 10.0 Å². The summed E-state index contributed by atoms with van der Waals surface area (Å²) in [6.45, 7) is 0. The van der Waals surface area contributed by atoms with Crippen molar-refractivity contribution < 1.29 is 8.42 Å². The maximum atomic E-state index is 12.2. The summed E-state index contributed by atoms with van der Waals surface area (Å²) in [7, 11) is -3.47.